The fourth-order valence-electron chi connectivity index (χ4n) is 2.41. The number of hydrogen-bond donors (Lipinski definition) is 2. The molecule has 1 aliphatic heterocycles. The van der Waals surface area contributed by atoms with E-state index >= 15 is 0 Å². The first-order valence-electron chi connectivity index (χ1n) is 7.14. The van der Waals surface area contributed by atoms with Crippen molar-refractivity contribution in [3.63, 3.8) is 0 Å². The van der Waals surface area contributed by atoms with Crippen LogP contribution in [0.25, 0.3) is 0 Å². The van der Waals surface area contributed by atoms with Crippen LogP contribution in [0.3, 0.4) is 0 Å². The van der Waals surface area contributed by atoms with E-state index in [1.165, 1.54) is 37.1 Å². The zero-order valence-corrected chi connectivity index (χ0v) is 13.9. The molecule has 1 aliphatic rings. The highest BCUT2D eigenvalue weighted by molar-refractivity contribution is 7.89. The Hall–Kier alpha value is -1.00. The lowest BCUT2D eigenvalue weighted by Crippen LogP contribution is -2.28. The third-order valence-electron chi connectivity index (χ3n) is 3.60. The van der Waals surface area contributed by atoms with Crippen molar-refractivity contribution in [1.29, 1.82) is 0 Å². The zero-order chi connectivity index (χ0) is 16.2. The number of sulfonamides is 2. The smallest absolute Gasteiger partial charge is 0.240 e. The molecule has 2 rings (SSSR count). The predicted octanol–water partition coefficient (Wildman–Crippen LogP) is 0.0982. The lowest BCUT2D eigenvalue weighted by Gasteiger charge is -2.14. The number of rotatable bonds is 7. The molecule has 0 bridgehead atoms. The van der Waals surface area contributed by atoms with E-state index in [9.17, 15) is 16.8 Å². The van der Waals surface area contributed by atoms with Crippen LogP contribution in [0.1, 0.15) is 19.3 Å². The van der Waals surface area contributed by atoms with E-state index in [4.69, 9.17) is 5.14 Å². The Labute approximate surface area is 131 Å². The van der Waals surface area contributed by atoms with Crippen LogP contribution in [-0.4, -0.2) is 47.9 Å². The van der Waals surface area contributed by atoms with Crippen LogP contribution in [0.2, 0.25) is 0 Å². The number of nitrogens with two attached hydrogens (primary N) is 1. The highest BCUT2D eigenvalue weighted by Gasteiger charge is 2.16. The van der Waals surface area contributed by atoms with Gasteiger partial charge in [0.1, 0.15) is 0 Å². The first-order chi connectivity index (χ1) is 10.3. The van der Waals surface area contributed by atoms with Crippen LogP contribution >= 0.6 is 0 Å². The standard InChI is InChI=1S/C13H21N3O4S2/c14-21(17,18)12-4-6-13(7-5-12)22(19,20)15-8-3-11-16-9-1-2-10-16/h4-7,15H,1-3,8-11H2,(H2,14,17,18). The second kappa shape index (κ2) is 7.05. The van der Waals surface area contributed by atoms with E-state index in [1.807, 2.05) is 0 Å². The second-order valence-electron chi connectivity index (χ2n) is 5.32. The summed E-state index contributed by atoms with van der Waals surface area (Å²) in [6, 6.07) is 4.85. The van der Waals surface area contributed by atoms with Gasteiger partial charge in [-0.3, -0.25) is 0 Å². The Kier molecular flexibility index (Phi) is 5.56. The van der Waals surface area contributed by atoms with Gasteiger partial charge in [0.05, 0.1) is 9.79 Å². The monoisotopic (exact) mass is 347 g/mol. The molecule has 0 amide bonds. The third kappa shape index (κ3) is 4.75. The Morgan fingerprint density at radius 1 is 1.00 bits per heavy atom. The van der Waals surface area contributed by atoms with Gasteiger partial charge in [0.25, 0.3) is 0 Å². The quantitative estimate of drug-likeness (QED) is 0.680. The van der Waals surface area contributed by atoms with Gasteiger partial charge >= 0.3 is 0 Å². The van der Waals surface area contributed by atoms with Crippen LogP contribution in [0.4, 0.5) is 0 Å². The van der Waals surface area contributed by atoms with Gasteiger partial charge in [0, 0.05) is 6.54 Å². The summed E-state index contributed by atoms with van der Waals surface area (Å²) >= 11 is 0. The van der Waals surface area contributed by atoms with Crippen molar-refractivity contribution >= 4 is 20.0 Å². The molecule has 0 spiro atoms. The molecular formula is C13H21N3O4S2. The highest BCUT2D eigenvalue weighted by atomic mass is 32.2. The molecule has 124 valence electrons. The van der Waals surface area contributed by atoms with Crippen LogP contribution in [0.5, 0.6) is 0 Å². The van der Waals surface area contributed by atoms with Gasteiger partial charge < -0.3 is 4.90 Å². The Morgan fingerprint density at radius 2 is 1.55 bits per heavy atom. The summed E-state index contributed by atoms with van der Waals surface area (Å²) < 4.78 is 49.0. The minimum absolute atomic E-state index is 0.0288. The van der Waals surface area contributed by atoms with Gasteiger partial charge in [0.15, 0.2) is 0 Å². The molecule has 0 radical (unpaired) electrons. The summed E-state index contributed by atoms with van der Waals surface area (Å²) in [5.41, 5.74) is 0. The first kappa shape index (κ1) is 17.4. The van der Waals surface area contributed by atoms with Crippen LogP contribution in [0, 0.1) is 0 Å². The van der Waals surface area contributed by atoms with Gasteiger partial charge in [-0.15, -0.1) is 0 Å². The molecule has 1 aromatic carbocycles. The minimum Gasteiger partial charge on any atom is -0.303 e. The number of nitrogens with one attached hydrogen (secondary N) is 1. The van der Waals surface area contributed by atoms with Gasteiger partial charge in [-0.25, -0.2) is 26.7 Å². The van der Waals surface area contributed by atoms with E-state index < -0.39 is 20.0 Å². The van der Waals surface area contributed by atoms with E-state index in [1.54, 1.807) is 0 Å². The average Bonchev–Trinajstić information content (AvgIpc) is 2.96. The topological polar surface area (TPSA) is 110 Å². The normalized spacial score (nSPS) is 17.0. The van der Waals surface area contributed by atoms with Crippen molar-refractivity contribution in [3.8, 4) is 0 Å². The summed E-state index contributed by atoms with van der Waals surface area (Å²) in [5.74, 6) is 0. The van der Waals surface area contributed by atoms with Crippen LogP contribution in [-0.2, 0) is 20.0 Å². The zero-order valence-electron chi connectivity index (χ0n) is 12.2. The maximum Gasteiger partial charge on any atom is 0.240 e. The SMILES string of the molecule is NS(=O)(=O)c1ccc(S(=O)(=O)NCCCN2CCCC2)cc1. The second-order valence-corrected chi connectivity index (χ2v) is 8.64. The largest absolute Gasteiger partial charge is 0.303 e. The molecule has 1 saturated heterocycles. The summed E-state index contributed by atoms with van der Waals surface area (Å²) in [6.45, 7) is 3.41. The molecule has 0 aliphatic carbocycles. The lowest BCUT2D eigenvalue weighted by molar-refractivity contribution is 0.334. The van der Waals surface area contributed by atoms with Gasteiger partial charge in [0.2, 0.25) is 20.0 Å². The molecule has 3 N–H and O–H groups in total. The lowest BCUT2D eigenvalue weighted by atomic mass is 10.4. The number of primary sulfonamides is 1. The Balaban J connectivity index is 1.89. The van der Waals surface area contributed by atoms with Crippen molar-refractivity contribution in [2.75, 3.05) is 26.2 Å². The molecular weight excluding hydrogens is 326 g/mol. The Morgan fingerprint density at radius 3 is 2.09 bits per heavy atom. The molecule has 0 atom stereocenters. The van der Waals surface area contributed by atoms with Gasteiger partial charge in [-0.1, -0.05) is 0 Å². The third-order valence-corrected chi connectivity index (χ3v) is 6.01. The summed E-state index contributed by atoms with van der Waals surface area (Å²) in [5, 5.41) is 4.98. The highest BCUT2D eigenvalue weighted by Crippen LogP contribution is 2.13. The fraction of sp³-hybridized carbons (Fsp3) is 0.538. The van der Waals surface area contributed by atoms with Crippen molar-refractivity contribution in [2.45, 2.75) is 29.1 Å². The molecule has 1 fully saturated rings. The minimum atomic E-state index is -3.82. The van der Waals surface area contributed by atoms with Crippen LogP contribution in [0.15, 0.2) is 34.1 Å². The molecule has 0 unspecified atom stereocenters. The van der Waals surface area contributed by atoms with E-state index in [2.05, 4.69) is 9.62 Å². The van der Waals surface area contributed by atoms with Gasteiger partial charge in [-0.2, -0.15) is 0 Å². The maximum absolute atomic E-state index is 12.1. The molecule has 9 heteroatoms. The summed E-state index contributed by atoms with van der Waals surface area (Å²) in [7, 11) is -7.44. The molecule has 1 aromatic rings. The number of likely N-dealkylation sites (tertiary alicyclic amines) is 1. The number of hydrogen-bond acceptors (Lipinski definition) is 5. The number of nitrogens with zero attached hydrogens (tertiary/aromatic N) is 1. The predicted molar refractivity (Wildman–Crippen MR) is 83.3 cm³/mol. The summed E-state index contributed by atoms with van der Waals surface area (Å²) in [6.07, 6.45) is 3.17. The van der Waals surface area contributed by atoms with E-state index in [0.717, 1.165) is 26.1 Å². The molecule has 0 aromatic heterocycles. The molecule has 22 heavy (non-hydrogen) atoms. The Bertz CT molecular complexity index is 693. The fourth-order valence-corrected chi connectivity index (χ4v) is 4.00. The molecule has 1 heterocycles. The van der Waals surface area contributed by atoms with Gasteiger partial charge in [-0.05, 0) is 63.2 Å². The molecule has 0 saturated carbocycles. The van der Waals surface area contributed by atoms with E-state index in [0.29, 0.717) is 6.54 Å². The van der Waals surface area contributed by atoms with Crippen molar-refractivity contribution in [3.05, 3.63) is 24.3 Å². The van der Waals surface area contributed by atoms with Crippen molar-refractivity contribution in [2.24, 2.45) is 5.14 Å². The average molecular weight is 347 g/mol. The molecule has 7 nitrogen and oxygen atoms in total. The van der Waals surface area contributed by atoms with E-state index in [-0.39, 0.29) is 9.79 Å². The first-order valence-corrected chi connectivity index (χ1v) is 10.2. The van der Waals surface area contributed by atoms with Crippen LogP contribution < -0.4 is 9.86 Å². The van der Waals surface area contributed by atoms with Crippen molar-refractivity contribution in [1.82, 2.24) is 9.62 Å². The van der Waals surface area contributed by atoms with Crippen molar-refractivity contribution < 1.29 is 16.8 Å². The maximum atomic E-state index is 12.1. The number of benzene rings is 1. The summed E-state index contributed by atoms with van der Waals surface area (Å²) in [4.78, 5) is 2.23.